The Hall–Kier alpha value is -0.840. The van der Waals surface area contributed by atoms with Crippen LogP contribution in [0.3, 0.4) is 0 Å². The standard InChI is InChI=1S/C9H7Cl2NO3/c1-9(12(13)14)8(15-9)5-3-2-4-6(10)7(5)11/h2-4,8H,1H3/t8-,9-/m0/s1. The van der Waals surface area contributed by atoms with Crippen molar-refractivity contribution in [3.63, 3.8) is 0 Å². The van der Waals surface area contributed by atoms with E-state index in [-0.39, 0.29) is 0 Å². The quantitative estimate of drug-likeness (QED) is 0.459. The van der Waals surface area contributed by atoms with Crippen LogP contribution in [-0.2, 0) is 4.74 Å². The van der Waals surface area contributed by atoms with Crippen LogP contribution in [0.25, 0.3) is 0 Å². The Kier molecular flexibility index (Phi) is 2.37. The largest absolute Gasteiger partial charge is 0.353 e. The van der Waals surface area contributed by atoms with Gasteiger partial charge in [-0.25, -0.2) is 0 Å². The van der Waals surface area contributed by atoms with Crippen LogP contribution in [0.2, 0.25) is 10.0 Å². The van der Waals surface area contributed by atoms with E-state index in [0.717, 1.165) is 0 Å². The lowest BCUT2D eigenvalue weighted by atomic mass is 10.1. The van der Waals surface area contributed by atoms with E-state index in [1.165, 1.54) is 6.92 Å². The van der Waals surface area contributed by atoms with Gasteiger partial charge in [0, 0.05) is 12.5 Å². The van der Waals surface area contributed by atoms with Gasteiger partial charge >= 0.3 is 5.72 Å². The Morgan fingerprint density at radius 2 is 2.20 bits per heavy atom. The third kappa shape index (κ3) is 1.58. The van der Waals surface area contributed by atoms with E-state index in [0.29, 0.717) is 15.6 Å². The minimum Gasteiger partial charge on any atom is -0.294 e. The van der Waals surface area contributed by atoms with Crippen LogP contribution in [0.4, 0.5) is 0 Å². The summed E-state index contributed by atoms with van der Waals surface area (Å²) in [6, 6.07) is 4.98. The summed E-state index contributed by atoms with van der Waals surface area (Å²) in [5.41, 5.74) is -0.808. The van der Waals surface area contributed by atoms with E-state index < -0.39 is 16.8 Å². The lowest BCUT2D eigenvalue weighted by Gasteiger charge is -2.01. The molecule has 2 atom stereocenters. The lowest BCUT2D eigenvalue weighted by molar-refractivity contribution is -0.558. The average Bonchev–Trinajstić information content (AvgIpc) is 2.84. The van der Waals surface area contributed by atoms with Crippen molar-refractivity contribution in [3.05, 3.63) is 43.9 Å². The average molecular weight is 248 g/mol. The van der Waals surface area contributed by atoms with Crippen LogP contribution in [0.1, 0.15) is 18.6 Å². The second-order valence-electron chi connectivity index (χ2n) is 3.45. The van der Waals surface area contributed by atoms with Crippen molar-refractivity contribution in [2.75, 3.05) is 0 Å². The van der Waals surface area contributed by atoms with Gasteiger partial charge in [0.2, 0.25) is 0 Å². The van der Waals surface area contributed by atoms with Crippen LogP contribution in [0.5, 0.6) is 0 Å². The molecule has 2 rings (SSSR count). The highest BCUT2D eigenvalue weighted by Crippen LogP contribution is 2.52. The van der Waals surface area contributed by atoms with Crippen LogP contribution in [0, 0.1) is 10.1 Å². The molecule has 0 unspecified atom stereocenters. The Morgan fingerprint density at radius 3 is 2.73 bits per heavy atom. The van der Waals surface area contributed by atoms with E-state index in [1.807, 2.05) is 0 Å². The van der Waals surface area contributed by atoms with Gasteiger partial charge in [-0.2, -0.15) is 0 Å². The highest BCUT2D eigenvalue weighted by atomic mass is 35.5. The first kappa shape index (κ1) is 10.7. The number of halogens is 2. The van der Waals surface area contributed by atoms with Crippen molar-refractivity contribution >= 4 is 23.2 Å². The van der Waals surface area contributed by atoms with Crippen molar-refractivity contribution in [1.82, 2.24) is 0 Å². The normalized spacial score (nSPS) is 28.9. The maximum Gasteiger partial charge on any atom is 0.353 e. The van der Waals surface area contributed by atoms with Gasteiger partial charge < -0.3 is 0 Å². The summed E-state index contributed by atoms with van der Waals surface area (Å²) in [6.45, 7) is 1.41. The molecule has 1 aliphatic rings. The molecule has 80 valence electrons. The van der Waals surface area contributed by atoms with Crippen LogP contribution >= 0.6 is 23.2 Å². The summed E-state index contributed by atoms with van der Waals surface area (Å²) >= 11 is 11.7. The van der Waals surface area contributed by atoms with Crippen LogP contribution < -0.4 is 0 Å². The summed E-state index contributed by atoms with van der Waals surface area (Å²) < 4.78 is 5.05. The van der Waals surface area contributed by atoms with Gasteiger partial charge in [-0.05, 0) is 6.07 Å². The molecule has 15 heavy (non-hydrogen) atoms. The topological polar surface area (TPSA) is 55.7 Å². The fraction of sp³-hybridized carbons (Fsp3) is 0.333. The minimum atomic E-state index is -1.37. The summed E-state index contributed by atoms with van der Waals surface area (Å²) in [4.78, 5) is 10.2. The second kappa shape index (κ2) is 3.33. The number of benzene rings is 1. The molecule has 4 nitrogen and oxygen atoms in total. The van der Waals surface area contributed by atoms with E-state index in [2.05, 4.69) is 0 Å². The number of rotatable bonds is 2. The second-order valence-corrected chi connectivity index (χ2v) is 4.24. The molecule has 1 aromatic rings. The van der Waals surface area contributed by atoms with Gasteiger partial charge in [0.25, 0.3) is 0 Å². The molecule has 1 aromatic carbocycles. The van der Waals surface area contributed by atoms with Gasteiger partial charge in [-0.3, -0.25) is 14.9 Å². The monoisotopic (exact) mass is 247 g/mol. The van der Waals surface area contributed by atoms with E-state index in [1.54, 1.807) is 18.2 Å². The minimum absolute atomic E-state index is 0.315. The van der Waals surface area contributed by atoms with E-state index in [9.17, 15) is 10.1 Å². The number of ether oxygens (including phenoxy) is 1. The molecule has 0 spiro atoms. The maximum atomic E-state index is 10.7. The molecule has 0 N–H and O–H groups in total. The number of hydrogen-bond donors (Lipinski definition) is 0. The lowest BCUT2D eigenvalue weighted by Crippen LogP contribution is -2.19. The molecule has 0 saturated carbocycles. The van der Waals surface area contributed by atoms with Crippen LogP contribution in [0.15, 0.2) is 18.2 Å². The number of hydrogen-bond acceptors (Lipinski definition) is 3. The summed E-state index contributed by atoms with van der Waals surface area (Å²) in [6.07, 6.45) is -0.612. The number of epoxide rings is 1. The van der Waals surface area contributed by atoms with Crippen molar-refractivity contribution in [1.29, 1.82) is 0 Å². The van der Waals surface area contributed by atoms with Crippen molar-refractivity contribution in [2.24, 2.45) is 0 Å². The molecule has 1 aliphatic heterocycles. The predicted octanol–water partition coefficient (Wildman–Crippen LogP) is 3.06. The first-order valence-corrected chi connectivity index (χ1v) is 4.98. The first-order valence-electron chi connectivity index (χ1n) is 4.23. The zero-order chi connectivity index (χ0) is 11.2. The molecule has 6 heteroatoms. The first-order chi connectivity index (χ1) is 6.97. The SMILES string of the molecule is C[C@]1([N+](=O)[O-])O[C@H]1c1cccc(Cl)c1Cl. The Balaban J connectivity index is 2.35. The van der Waals surface area contributed by atoms with Gasteiger partial charge in [0.15, 0.2) is 6.10 Å². The smallest absolute Gasteiger partial charge is 0.294 e. The molecule has 0 bridgehead atoms. The Bertz CT molecular complexity index is 437. The van der Waals surface area contributed by atoms with E-state index >= 15 is 0 Å². The Labute approximate surface area is 95.9 Å². The third-order valence-corrected chi connectivity index (χ3v) is 3.25. The van der Waals surface area contributed by atoms with Crippen LogP contribution in [-0.4, -0.2) is 10.6 Å². The predicted molar refractivity (Wildman–Crippen MR) is 55.7 cm³/mol. The molecule has 0 aliphatic carbocycles. The number of nitrogens with zero attached hydrogens (tertiary/aromatic N) is 1. The summed E-state index contributed by atoms with van der Waals surface area (Å²) in [7, 11) is 0. The zero-order valence-corrected chi connectivity index (χ0v) is 9.25. The van der Waals surface area contributed by atoms with Crippen molar-refractivity contribution in [2.45, 2.75) is 18.8 Å². The summed E-state index contributed by atoms with van der Waals surface area (Å²) in [5, 5.41) is 11.4. The van der Waals surface area contributed by atoms with Gasteiger partial charge in [0.05, 0.1) is 15.0 Å². The zero-order valence-electron chi connectivity index (χ0n) is 7.74. The molecule has 0 amide bonds. The fourth-order valence-electron chi connectivity index (χ4n) is 1.42. The van der Waals surface area contributed by atoms with Gasteiger partial charge in [-0.1, -0.05) is 35.3 Å². The molecule has 1 fully saturated rings. The maximum absolute atomic E-state index is 10.7. The summed E-state index contributed by atoms with van der Waals surface area (Å²) in [5.74, 6) is 0. The van der Waals surface area contributed by atoms with Crippen molar-refractivity contribution in [3.8, 4) is 0 Å². The van der Waals surface area contributed by atoms with Gasteiger partial charge in [0.1, 0.15) is 0 Å². The number of nitro groups is 1. The molecule has 0 aromatic heterocycles. The highest BCUT2D eigenvalue weighted by molar-refractivity contribution is 6.42. The van der Waals surface area contributed by atoms with E-state index in [4.69, 9.17) is 27.9 Å². The molecular weight excluding hydrogens is 241 g/mol. The van der Waals surface area contributed by atoms with Gasteiger partial charge in [-0.15, -0.1) is 0 Å². The molecule has 0 radical (unpaired) electrons. The fourth-order valence-corrected chi connectivity index (χ4v) is 1.83. The van der Waals surface area contributed by atoms with Crippen molar-refractivity contribution < 1.29 is 9.66 Å². The molecular formula is C9H7Cl2NO3. The molecule has 1 heterocycles. The Morgan fingerprint density at radius 1 is 1.53 bits per heavy atom. The third-order valence-electron chi connectivity index (χ3n) is 2.41. The highest BCUT2D eigenvalue weighted by Gasteiger charge is 2.66. The molecule has 1 saturated heterocycles.